The first-order chi connectivity index (χ1) is 21.1. The zero-order valence-corrected chi connectivity index (χ0v) is 25.0. The summed E-state index contributed by atoms with van der Waals surface area (Å²) in [6, 6.07) is -0.613. The van der Waals surface area contributed by atoms with E-state index in [1.807, 2.05) is 0 Å². The third-order valence-corrected chi connectivity index (χ3v) is 9.40. The van der Waals surface area contributed by atoms with Crippen molar-refractivity contribution in [1.29, 1.82) is 0 Å². The molecule has 1 aromatic heterocycles. The van der Waals surface area contributed by atoms with Crippen LogP contribution in [0.25, 0.3) is 10.6 Å². The van der Waals surface area contributed by atoms with E-state index < -0.39 is 59.1 Å². The minimum atomic E-state index is -1.85. The average molecular weight is 635 g/mol. The summed E-state index contributed by atoms with van der Waals surface area (Å²) in [6.07, 6.45) is -0.994. The number of fused-ring (bicyclic) bond motifs is 4. The monoisotopic (exact) mass is 634 g/mol. The van der Waals surface area contributed by atoms with E-state index >= 15 is 8.78 Å². The van der Waals surface area contributed by atoms with Gasteiger partial charge in [-0.3, -0.25) is 29.9 Å². The molecule has 13 nitrogen and oxygen atoms in total. The second-order valence-electron chi connectivity index (χ2n) is 11.4. The van der Waals surface area contributed by atoms with Gasteiger partial charge in [0, 0.05) is 32.6 Å². The molecular formula is C28H32F2N6O7S. The Morgan fingerprint density at radius 2 is 1.86 bits per heavy atom. The Kier molecular flexibility index (Phi) is 8.34. The zero-order chi connectivity index (χ0) is 31.2. The number of halogens is 2. The lowest BCUT2D eigenvalue weighted by atomic mass is 9.66. The number of nitrogens with one attached hydrogen (secondary N) is 2. The third-order valence-electron chi connectivity index (χ3n) is 8.45. The molecule has 2 N–H and O–H groups in total. The van der Waals surface area contributed by atoms with E-state index in [0.29, 0.717) is 19.6 Å². The number of barbiturate groups is 1. The molecule has 2 aromatic rings. The first-order valence-corrected chi connectivity index (χ1v) is 15.3. The van der Waals surface area contributed by atoms with Gasteiger partial charge in [-0.2, -0.15) is 0 Å². The lowest BCUT2D eigenvalue weighted by Gasteiger charge is -2.55. The molecule has 236 valence electrons. The van der Waals surface area contributed by atoms with Crippen molar-refractivity contribution in [3.8, 4) is 10.6 Å². The van der Waals surface area contributed by atoms with Crippen molar-refractivity contribution in [3.05, 3.63) is 28.3 Å². The van der Waals surface area contributed by atoms with Crippen LogP contribution >= 0.6 is 11.3 Å². The van der Waals surface area contributed by atoms with Crippen LogP contribution in [0.15, 0.2) is 6.07 Å². The van der Waals surface area contributed by atoms with E-state index in [4.69, 9.17) is 14.2 Å². The first-order valence-electron chi connectivity index (χ1n) is 14.5. The smallest absolute Gasteiger partial charge is 0.328 e. The summed E-state index contributed by atoms with van der Waals surface area (Å²) in [4.78, 5) is 54.8. The van der Waals surface area contributed by atoms with Crippen LogP contribution in [-0.2, 0) is 41.4 Å². The van der Waals surface area contributed by atoms with Crippen molar-refractivity contribution in [2.75, 3.05) is 50.9 Å². The van der Waals surface area contributed by atoms with Crippen molar-refractivity contribution in [2.45, 2.75) is 51.4 Å². The Bertz CT molecular complexity index is 1480. The van der Waals surface area contributed by atoms with Gasteiger partial charge in [-0.1, -0.05) is 11.3 Å². The van der Waals surface area contributed by atoms with Crippen LogP contribution in [0.5, 0.6) is 0 Å². The molecule has 4 aliphatic heterocycles. The van der Waals surface area contributed by atoms with Crippen LogP contribution in [0.1, 0.15) is 30.8 Å². The summed E-state index contributed by atoms with van der Waals surface area (Å²) in [5.74, 6) is -4.54. The van der Waals surface area contributed by atoms with Gasteiger partial charge in [0.2, 0.25) is 11.8 Å². The zero-order valence-electron chi connectivity index (χ0n) is 24.2. The predicted octanol–water partition coefficient (Wildman–Crippen LogP) is 1.18. The summed E-state index contributed by atoms with van der Waals surface area (Å²) in [5.41, 5.74) is -1.96. The molecular weight excluding hydrogens is 602 g/mol. The SMILES string of the molecule is C[C@H]1CN2c3c(cc(-c4nnc(CC(=O)OCCCN5CCOCC5)s4)c(F)c3F)CC3(C(=O)NC(=O)NC3=O)C2[C@@H](C)O1. The molecule has 0 saturated carbocycles. The fraction of sp³-hybridized carbons (Fsp3) is 0.571. The van der Waals surface area contributed by atoms with E-state index in [1.54, 1.807) is 13.8 Å². The van der Waals surface area contributed by atoms with Crippen molar-refractivity contribution in [2.24, 2.45) is 5.41 Å². The first kappa shape index (κ1) is 30.4. The predicted molar refractivity (Wildman–Crippen MR) is 151 cm³/mol. The fourth-order valence-corrected chi connectivity index (χ4v) is 7.44. The average Bonchev–Trinajstić information content (AvgIpc) is 3.43. The van der Waals surface area contributed by atoms with E-state index in [9.17, 15) is 19.2 Å². The minimum Gasteiger partial charge on any atom is -0.465 e. The molecule has 1 spiro atoms. The summed E-state index contributed by atoms with van der Waals surface area (Å²) in [6.45, 7) is 7.55. The number of morpholine rings is 2. The topological polar surface area (TPSA) is 152 Å². The largest absolute Gasteiger partial charge is 0.465 e. The number of amides is 4. The molecule has 6 rings (SSSR count). The van der Waals surface area contributed by atoms with Gasteiger partial charge < -0.3 is 19.1 Å². The maximum Gasteiger partial charge on any atom is 0.328 e. The molecule has 3 fully saturated rings. The van der Waals surface area contributed by atoms with Crippen molar-refractivity contribution >= 4 is 40.8 Å². The number of ether oxygens (including phenoxy) is 3. The molecule has 16 heteroatoms. The lowest BCUT2D eigenvalue weighted by Crippen LogP contribution is -2.75. The molecule has 0 bridgehead atoms. The fourth-order valence-electron chi connectivity index (χ4n) is 6.60. The molecule has 3 saturated heterocycles. The van der Waals surface area contributed by atoms with Crippen molar-refractivity contribution in [3.63, 3.8) is 0 Å². The van der Waals surface area contributed by atoms with Crippen molar-refractivity contribution < 1.29 is 42.2 Å². The summed E-state index contributed by atoms with van der Waals surface area (Å²) < 4.78 is 48.2. The highest BCUT2D eigenvalue weighted by atomic mass is 32.1. The second-order valence-corrected chi connectivity index (χ2v) is 12.5. The van der Waals surface area contributed by atoms with Crippen LogP contribution in [0.4, 0.5) is 19.3 Å². The number of anilines is 1. The van der Waals surface area contributed by atoms with E-state index in [2.05, 4.69) is 25.7 Å². The van der Waals surface area contributed by atoms with Crippen molar-refractivity contribution in [1.82, 2.24) is 25.7 Å². The van der Waals surface area contributed by atoms with Crippen LogP contribution in [0.2, 0.25) is 0 Å². The number of imide groups is 2. The Hall–Kier alpha value is -3.60. The van der Waals surface area contributed by atoms with Crippen LogP contribution in [0, 0.1) is 17.0 Å². The molecule has 44 heavy (non-hydrogen) atoms. The number of hydrogen-bond acceptors (Lipinski definition) is 12. The van der Waals surface area contributed by atoms with Gasteiger partial charge in [0.05, 0.1) is 55.7 Å². The number of carbonyl (C=O) groups excluding carboxylic acids is 4. The van der Waals surface area contributed by atoms with E-state index in [0.717, 1.165) is 31.0 Å². The van der Waals surface area contributed by atoms with Gasteiger partial charge in [0.15, 0.2) is 22.1 Å². The van der Waals surface area contributed by atoms with Gasteiger partial charge >= 0.3 is 12.0 Å². The summed E-state index contributed by atoms with van der Waals surface area (Å²) in [5, 5.41) is 12.6. The Morgan fingerprint density at radius 1 is 1.14 bits per heavy atom. The maximum absolute atomic E-state index is 16.0. The second kappa shape index (κ2) is 12.1. The number of esters is 1. The number of nitrogens with zero attached hydrogens (tertiary/aromatic N) is 4. The minimum absolute atomic E-state index is 0.0203. The quantitative estimate of drug-likeness (QED) is 0.257. The highest BCUT2D eigenvalue weighted by Crippen LogP contribution is 2.49. The number of benzene rings is 1. The summed E-state index contributed by atoms with van der Waals surface area (Å²) in [7, 11) is 0. The highest BCUT2D eigenvalue weighted by Gasteiger charge is 2.63. The molecule has 4 amide bonds. The van der Waals surface area contributed by atoms with Gasteiger partial charge in [0.25, 0.3) is 0 Å². The normalized spacial score (nSPS) is 24.9. The molecule has 4 aliphatic rings. The van der Waals surface area contributed by atoms with E-state index in [1.165, 1.54) is 11.0 Å². The molecule has 5 heterocycles. The number of rotatable bonds is 7. The van der Waals surface area contributed by atoms with Gasteiger partial charge in [0.1, 0.15) is 5.01 Å². The van der Waals surface area contributed by atoms with Crippen LogP contribution in [-0.4, -0.2) is 103 Å². The van der Waals surface area contributed by atoms with Gasteiger partial charge in [-0.05, 0) is 31.9 Å². The number of hydrogen-bond donors (Lipinski definition) is 2. The molecule has 1 aromatic carbocycles. The highest BCUT2D eigenvalue weighted by molar-refractivity contribution is 7.14. The number of urea groups is 1. The summed E-state index contributed by atoms with van der Waals surface area (Å²) >= 11 is 0.913. The van der Waals surface area contributed by atoms with Gasteiger partial charge in [-0.25, -0.2) is 13.6 Å². The molecule has 0 radical (unpaired) electrons. The molecule has 0 aliphatic carbocycles. The maximum atomic E-state index is 16.0. The van der Waals surface area contributed by atoms with Crippen LogP contribution in [0.3, 0.4) is 0 Å². The Morgan fingerprint density at radius 3 is 2.59 bits per heavy atom. The van der Waals surface area contributed by atoms with Crippen LogP contribution < -0.4 is 15.5 Å². The van der Waals surface area contributed by atoms with E-state index in [-0.39, 0.29) is 52.8 Å². The lowest BCUT2D eigenvalue weighted by molar-refractivity contribution is -0.153. The molecule has 1 unspecified atom stereocenters. The Labute approximate surface area is 255 Å². The third kappa shape index (κ3) is 5.44. The molecule has 3 atom stereocenters. The Balaban J connectivity index is 1.24. The standard InChI is InChI=1S/C28H32F2N6O7S/c1-14-13-36-22-16(12-28(23(36)15(2)43-14)25(38)31-27(40)32-26(28)39)10-17(20(29)21(22)30)24-34-33-18(44-24)11-19(37)42-7-3-4-35-5-8-41-9-6-35/h10,14-15,23H,3-9,11-13H2,1-2H3,(H2,31,32,38,39,40)/t14-,15+,23?/m0/s1. The number of carbonyl (C=O) groups is 4. The van der Waals surface area contributed by atoms with Gasteiger partial charge in [-0.15, -0.1) is 10.2 Å². The number of aromatic nitrogens is 2.